The summed E-state index contributed by atoms with van der Waals surface area (Å²) in [5.74, 6) is -1.99. The van der Waals surface area contributed by atoms with Crippen LogP contribution in [-0.4, -0.2) is 100 Å². The van der Waals surface area contributed by atoms with Crippen molar-refractivity contribution >= 4 is 23.9 Å². The van der Waals surface area contributed by atoms with E-state index >= 15 is 0 Å². The first kappa shape index (κ1) is 20.8. The van der Waals surface area contributed by atoms with E-state index in [2.05, 4.69) is 18.9 Å². The van der Waals surface area contributed by atoms with Gasteiger partial charge in [-0.05, 0) is 6.42 Å². The number of carbonyl (C=O) groups excluding carboxylic acids is 4. The van der Waals surface area contributed by atoms with Crippen molar-refractivity contribution in [2.75, 3.05) is 54.6 Å². The molecule has 1 saturated carbocycles. The van der Waals surface area contributed by atoms with Crippen LogP contribution in [-0.2, 0) is 38.1 Å². The minimum absolute atomic E-state index is 0.100. The molecule has 0 bridgehead atoms. The molecule has 0 radical (unpaired) electrons. The molecule has 10 nitrogen and oxygen atoms in total. The van der Waals surface area contributed by atoms with Crippen LogP contribution in [0.15, 0.2) is 0 Å². The molecule has 10 heteroatoms. The summed E-state index contributed by atoms with van der Waals surface area (Å²) in [6.07, 6.45) is 0.571. The first-order valence-corrected chi connectivity index (χ1v) is 7.61. The lowest BCUT2D eigenvalue weighted by atomic mass is 10.4. The number of rotatable bonds is 10. The van der Waals surface area contributed by atoms with Crippen LogP contribution in [0.5, 0.6) is 0 Å². The molecule has 1 aliphatic rings. The third-order valence-electron chi connectivity index (χ3n) is 3.90. The molecule has 0 aromatic carbocycles. The van der Waals surface area contributed by atoms with Crippen LogP contribution in [0, 0.1) is 0 Å². The minimum Gasteiger partial charge on any atom is -0.468 e. The SMILES string of the molecule is COC(=O)CN(CC(=O)OC)[C@@H]1C[C@H]1N(CC(=O)OC)CC(=O)OC. The van der Waals surface area contributed by atoms with E-state index in [-0.39, 0.29) is 38.3 Å². The smallest absolute Gasteiger partial charge is 0.319 e. The van der Waals surface area contributed by atoms with Gasteiger partial charge in [0, 0.05) is 12.1 Å². The van der Waals surface area contributed by atoms with Crippen molar-refractivity contribution in [1.29, 1.82) is 0 Å². The summed E-state index contributed by atoms with van der Waals surface area (Å²) in [5, 5.41) is 0. The van der Waals surface area contributed by atoms with Crippen molar-refractivity contribution in [3.05, 3.63) is 0 Å². The highest BCUT2D eigenvalue weighted by molar-refractivity contribution is 5.76. The van der Waals surface area contributed by atoms with Gasteiger partial charge in [0.1, 0.15) is 0 Å². The van der Waals surface area contributed by atoms with Crippen LogP contribution < -0.4 is 0 Å². The highest BCUT2D eigenvalue weighted by atomic mass is 16.5. The van der Waals surface area contributed by atoms with Crippen molar-refractivity contribution in [2.24, 2.45) is 0 Å². The first-order chi connectivity index (χ1) is 11.9. The molecule has 142 valence electrons. The van der Waals surface area contributed by atoms with E-state index in [1.165, 1.54) is 28.4 Å². The van der Waals surface area contributed by atoms with E-state index < -0.39 is 23.9 Å². The van der Waals surface area contributed by atoms with E-state index in [9.17, 15) is 19.2 Å². The lowest BCUT2D eigenvalue weighted by molar-refractivity contribution is -0.149. The number of carbonyl (C=O) groups is 4. The third-order valence-corrected chi connectivity index (χ3v) is 3.90. The van der Waals surface area contributed by atoms with Gasteiger partial charge < -0.3 is 18.9 Å². The van der Waals surface area contributed by atoms with Gasteiger partial charge in [-0.15, -0.1) is 0 Å². The zero-order valence-corrected chi connectivity index (χ0v) is 14.9. The summed E-state index contributed by atoms with van der Waals surface area (Å²) in [6, 6.07) is -0.403. The standard InChI is InChI=1S/C15H24N2O8/c1-22-12(18)6-16(7-13(19)23-2)10-5-11(10)17(8-14(20)24-3)9-15(21)25-4/h10-11H,5-9H2,1-4H3/t10-,11-/m1/s1. The number of methoxy groups -OCH3 is 4. The van der Waals surface area contributed by atoms with Gasteiger partial charge in [-0.3, -0.25) is 29.0 Å². The Balaban J connectivity index is 2.80. The van der Waals surface area contributed by atoms with Crippen LogP contribution in [0.4, 0.5) is 0 Å². The quantitative estimate of drug-likeness (QED) is 0.334. The van der Waals surface area contributed by atoms with Gasteiger partial charge in [-0.2, -0.15) is 0 Å². The molecule has 0 aromatic heterocycles. The largest absolute Gasteiger partial charge is 0.468 e. The Hall–Kier alpha value is -2.20. The predicted octanol–water partition coefficient (Wildman–Crippen LogP) is -1.58. The monoisotopic (exact) mass is 360 g/mol. The molecular formula is C15H24N2O8. The van der Waals surface area contributed by atoms with Crippen molar-refractivity contribution in [1.82, 2.24) is 9.80 Å². The Morgan fingerprint density at radius 2 is 0.880 bits per heavy atom. The molecule has 0 N–H and O–H groups in total. The molecular weight excluding hydrogens is 336 g/mol. The summed E-state index contributed by atoms with van der Waals surface area (Å²) < 4.78 is 18.6. The molecule has 0 heterocycles. The fourth-order valence-electron chi connectivity index (χ4n) is 2.46. The van der Waals surface area contributed by atoms with Gasteiger partial charge in [-0.1, -0.05) is 0 Å². The molecule has 0 spiro atoms. The second kappa shape index (κ2) is 9.94. The highest BCUT2D eigenvalue weighted by Gasteiger charge is 2.47. The Morgan fingerprint density at radius 3 is 1.08 bits per heavy atom. The lowest BCUT2D eigenvalue weighted by Crippen LogP contribution is -2.44. The van der Waals surface area contributed by atoms with E-state index in [0.29, 0.717) is 6.42 Å². The summed E-state index contributed by atoms with van der Waals surface area (Å²) in [5.41, 5.74) is 0. The number of ether oxygens (including phenoxy) is 4. The molecule has 0 saturated heterocycles. The number of esters is 4. The summed E-state index contributed by atoms with van der Waals surface area (Å²) in [4.78, 5) is 49.5. The van der Waals surface area contributed by atoms with Crippen molar-refractivity contribution in [2.45, 2.75) is 18.5 Å². The predicted molar refractivity (Wildman–Crippen MR) is 83.4 cm³/mol. The maximum Gasteiger partial charge on any atom is 0.319 e. The van der Waals surface area contributed by atoms with Gasteiger partial charge in [-0.25, -0.2) is 0 Å². The average molecular weight is 360 g/mol. The van der Waals surface area contributed by atoms with Gasteiger partial charge in [0.25, 0.3) is 0 Å². The highest BCUT2D eigenvalue weighted by Crippen LogP contribution is 2.33. The number of hydrogen-bond acceptors (Lipinski definition) is 10. The summed E-state index contributed by atoms with van der Waals surface area (Å²) in [6.45, 7) is -0.401. The maximum absolute atomic E-state index is 11.6. The second-order valence-corrected chi connectivity index (χ2v) is 5.48. The van der Waals surface area contributed by atoms with E-state index in [1.807, 2.05) is 0 Å². The average Bonchev–Trinajstić information content (AvgIpc) is 3.40. The zero-order chi connectivity index (χ0) is 19.0. The first-order valence-electron chi connectivity index (χ1n) is 7.61. The van der Waals surface area contributed by atoms with Crippen molar-refractivity contribution in [3.63, 3.8) is 0 Å². The van der Waals surface area contributed by atoms with Crippen LogP contribution in [0.3, 0.4) is 0 Å². The van der Waals surface area contributed by atoms with E-state index in [1.54, 1.807) is 9.80 Å². The fourth-order valence-corrected chi connectivity index (χ4v) is 2.46. The normalized spacial score (nSPS) is 18.6. The van der Waals surface area contributed by atoms with Crippen LogP contribution in [0.25, 0.3) is 0 Å². The van der Waals surface area contributed by atoms with E-state index in [0.717, 1.165) is 0 Å². The Morgan fingerprint density at radius 1 is 0.640 bits per heavy atom. The van der Waals surface area contributed by atoms with Gasteiger partial charge >= 0.3 is 23.9 Å². The van der Waals surface area contributed by atoms with E-state index in [4.69, 9.17) is 0 Å². The fraction of sp³-hybridized carbons (Fsp3) is 0.733. The Bertz CT molecular complexity index is 430. The number of nitrogens with zero attached hydrogens (tertiary/aromatic N) is 2. The molecule has 0 aliphatic heterocycles. The Labute approximate surface area is 145 Å². The molecule has 25 heavy (non-hydrogen) atoms. The molecule has 0 amide bonds. The van der Waals surface area contributed by atoms with Gasteiger partial charge in [0.15, 0.2) is 0 Å². The Kier molecular flexibility index (Phi) is 8.29. The third kappa shape index (κ3) is 6.67. The van der Waals surface area contributed by atoms with Crippen LogP contribution in [0.2, 0.25) is 0 Å². The second-order valence-electron chi connectivity index (χ2n) is 5.48. The molecule has 0 unspecified atom stereocenters. The van der Waals surface area contributed by atoms with Crippen molar-refractivity contribution in [3.8, 4) is 0 Å². The van der Waals surface area contributed by atoms with Gasteiger partial charge in [0.05, 0.1) is 54.6 Å². The zero-order valence-electron chi connectivity index (χ0n) is 14.9. The summed E-state index contributed by atoms with van der Waals surface area (Å²) >= 11 is 0. The topological polar surface area (TPSA) is 112 Å². The minimum atomic E-state index is -0.498. The van der Waals surface area contributed by atoms with Crippen LogP contribution in [0.1, 0.15) is 6.42 Å². The lowest BCUT2D eigenvalue weighted by Gasteiger charge is -2.24. The van der Waals surface area contributed by atoms with Crippen molar-refractivity contribution < 1.29 is 38.1 Å². The molecule has 2 atom stereocenters. The van der Waals surface area contributed by atoms with Gasteiger partial charge in [0.2, 0.25) is 0 Å². The molecule has 0 aromatic rings. The molecule has 1 rings (SSSR count). The number of hydrogen-bond donors (Lipinski definition) is 0. The maximum atomic E-state index is 11.6. The summed E-state index contributed by atoms with van der Waals surface area (Å²) in [7, 11) is 5.02. The molecule has 1 aliphatic carbocycles. The molecule has 1 fully saturated rings. The van der Waals surface area contributed by atoms with Crippen LogP contribution >= 0.6 is 0 Å².